The summed E-state index contributed by atoms with van der Waals surface area (Å²) in [5.41, 5.74) is 1.37. The predicted molar refractivity (Wildman–Crippen MR) is 61.6 cm³/mol. The van der Waals surface area contributed by atoms with Crippen LogP contribution in [0.3, 0.4) is 0 Å². The Hall–Kier alpha value is -1.73. The maximum absolute atomic E-state index is 11.8. The molecule has 1 aromatic carbocycles. The number of likely N-dealkylation sites (N-methyl/N-ethyl adjacent to an activating group) is 1. The number of rotatable bonds is 2. The third kappa shape index (κ3) is 2.20. The number of carbonyl (C=O) groups is 2. The molecule has 0 radical (unpaired) electrons. The molecule has 0 fully saturated rings. The van der Waals surface area contributed by atoms with Gasteiger partial charge in [-0.3, -0.25) is 23.8 Å². The van der Waals surface area contributed by atoms with Gasteiger partial charge in [0.1, 0.15) is 0 Å². The van der Waals surface area contributed by atoms with Crippen molar-refractivity contribution in [2.24, 2.45) is 0 Å². The summed E-state index contributed by atoms with van der Waals surface area (Å²) in [5.74, 6) is -0.655. The monoisotopic (exact) mass is 254 g/mol. The summed E-state index contributed by atoms with van der Waals surface area (Å²) in [4.78, 5) is 24.3. The summed E-state index contributed by atoms with van der Waals surface area (Å²) in [5, 5.41) is 0. The van der Waals surface area contributed by atoms with Crippen molar-refractivity contribution >= 4 is 28.8 Å². The zero-order chi connectivity index (χ0) is 12.6. The van der Waals surface area contributed by atoms with Crippen molar-refractivity contribution in [1.29, 1.82) is 0 Å². The lowest BCUT2D eigenvalue weighted by Gasteiger charge is -2.23. The van der Waals surface area contributed by atoms with Crippen LogP contribution in [0.4, 0.5) is 5.69 Å². The molecule has 1 unspecified atom stereocenters. The van der Waals surface area contributed by atoms with Crippen LogP contribution in [0.2, 0.25) is 0 Å². The van der Waals surface area contributed by atoms with Gasteiger partial charge in [-0.15, -0.1) is 0 Å². The standard InChI is InChI=1S/C10H10N2O4S/c1-12-9(13)4-6-2-3-7(11-17(15)16)5-8(6)10(12)14/h2-3,5,11H,4H2,1H3,(H,15,16). The molecule has 6 nitrogen and oxygen atoms in total. The Balaban J connectivity index is 2.42. The van der Waals surface area contributed by atoms with Gasteiger partial charge in [0.2, 0.25) is 5.91 Å². The maximum atomic E-state index is 11.8. The van der Waals surface area contributed by atoms with Gasteiger partial charge in [0.15, 0.2) is 0 Å². The molecule has 1 heterocycles. The number of imide groups is 1. The molecular formula is C10H10N2O4S. The molecule has 2 N–H and O–H groups in total. The van der Waals surface area contributed by atoms with Crippen molar-refractivity contribution in [2.45, 2.75) is 6.42 Å². The van der Waals surface area contributed by atoms with Gasteiger partial charge >= 0.3 is 0 Å². The van der Waals surface area contributed by atoms with Gasteiger partial charge < -0.3 is 0 Å². The molecule has 2 amide bonds. The summed E-state index contributed by atoms with van der Waals surface area (Å²) >= 11 is -2.19. The minimum Gasteiger partial charge on any atom is -0.289 e. The highest BCUT2D eigenvalue weighted by Crippen LogP contribution is 2.22. The number of nitrogens with one attached hydrogen (secondary N) is 1. The lowest BCUT2D eigenvalue weighted by Crippen LogP contribution is -2.39. The second kappa shape index (κ2) is 4.27. The average Bonchev–Trinajstić information content (AvgIpc) is 2.26. The van der Waals surface area contributed by atoms with Gasteiger partial charge in [-0.1, -0.05) is 6.07 Å². The van der Waals surface area contributed by atoms with Crippen LogP contribution in [-0.2, 0) is 22.5 Å². The Morgan fingerprint density at radius 2 is 2.12 bits per heavy atom. The smallest absolute Gasteiger partial charge is 0.260 e. The third-order valence-electron chi connectivity index (χ3n) is 2.57. The molecule has 7 heteroatoms. The molecule has 1 aliphatic rings. The van der Waals surface area contributed by atoms with E-state index in [1.807, 2.05) is 0 Å². The van der Waals surface area contributed by atoms with Gasteiger partial charge in [0, 0.05) is 18.3 Å². The number of anilines is 1. The Morgan fingerprint density at radius 3 is 2.76 bits per heavy atom. The van der Waals surface area contributed by atoms with Crippen molar-refractivity contribution in [1.82, 2.24) is 4.90 Å². The van der Waals surface area contributed by atoms with E-state index in [0.717, 1.165) is 4.90 Å². The fourth-order valence-electron chi connectivity index (χ4n) is 1.67. The molecule has 90 valence electrons. The summed E-state index contributed by atoms with van der Waals surface area (Å²) in [6.45, 7) is 0. The molecule has 1 aliphatic heterocycles. The number of fused-ring (bicyclic) bond motifs is 1. The molecular weight excluding hydrogens is 244 g/mol. The summed E-state index contributed by atoms with van der Waals surface area (Å²) < 4.78 is 21.5. The zero-order valence-corrected chi connectivity index (χ0v) is 9.78. The van der Waals surface area contributed by atoms with E-state index in [0.29, 0.717) is 16.8 Å². The molecule has 0 aliphatic carbocycles. The van der Waals surface area contributed by atoms with Gasteiger partial charge in [-0.25, -0.2) is 4.21 Å². The fourth-order valence-corrected chi connectivity index (χ4v) is 2.00. The van der Waals surface area contributed by atoms with Gasteiger partial charge in [-0.05, 0) is 17.7 Å². The lowest BCUT2D eigenvalue weighted by atomic mass is 9.98. The van der Waals surface area contributed by atoms with Gasteiger partial charge in [0.25, 0.3) is 17.2 Å². The quantitative estimate of drug-likeness (QED) is 0.590. The highest BCUT2D eigenvalue weighted by molar-refractivity contribution is 7.80. The van der Waals surface area contributed by atoms with Crippen LogP contribution in [-0.4, -0.2) is 32.5 Å². The average molecular weight is 254 g/mol. The molecule has 0 aromatic heterocycles. The van der Waals surface area contributed by atoms with E-state index in [9.17, 15) is 13.8 Å². The maximum Gasteiger partial charge on any atom is 0.260 e. The predicted octanol–water partition coefficient (Wildman–Crippen LogP) is 0.390. The first-order valence-corrected chi connectivity index (χ1v) is 5.91. The first kappa shape index (κ1) is 11.7. The van der Waals surface area contributed by atoms with Crippen LogP contribution in [0.5, 0.6) is 0 Å². The summed E-state index contributed by atoms with van der Waals surface area (Å²) in [6.07, 6.45) is 0.167. The Morgan fingerprint density at radius 1 is 1.41 bits per heavy atom. The number of benzene rings is 1. The SMILES string of the molecule is CN1C(=O)Cc2ccc(NS(=O)O)cc2C1=O. The third-order valence-corrected chi connectivity index (χ3v) is 2.98. The van der Waals surface area contributed by atoms with Crippen LogP contribution in [0.15, 0.2) is 18.2 Å². The van der Waals surface area contributed by atoms with Crippen molar-refractivity contribution in [3.8, 4) is 0 Å². The molecule has 17 heavy (non-hydrogen) atoms. The molecule has 0 spiro atoms. The first-order chi connectivity index (χ1) is 7.99. The highest BCUT2D eigenvalue weighted by atomic mass is 32.2. The van der Waals surface area contributed by atoms with E-state index < -0.39 is 17.2 Å². The van der Waals surface area contributed by atoms with Crippen LogP contribution in [0, 0.1) is 0 Å². The summed E-state index contributed by atoms with van der Waals surface area (Å²) in [6, 6.07) is 4.63. The molecule has 2 rings (SSSR count). The van der Waals surface area contributed by atoms with Gasteiger partial charge in [0.05, 0.1) is 6.42 Å². The molecule has 1 aromatic rings. The Labute approximate surface area is 100 Å². The first-order valence-electron chi connectivity index (χ1n) is 4.80. The molecule has 0 saturated carbocycles. The lowest BCUT2D eigenvalue weighted by molar-refractivity contribution is -0.127. The second-order valence-corrected chi connectivity index (χ2v) is 4.36. The minimum atomic E-state index is -2.19. The van der Waals surface area contributed by atoms with Crippen LogP contribution in [0.25, 0.3) is 0 Å². The van der Waals surface area contributed by atoms with Crippen LogP contribution >= 0.6 is 0 Å². The Bertz CT molecular complexity index is 529. The minimum absolute atomic E-state index is 0.167. The number of nitrogens with zero attached hydrogens (tertiary/aromatic N) is 1. The number of hydrogen-bond donors (Lipinski definition) is 2. The van der Waals surface area contributed by atoms with E-state index >= 15 is 0 Å². The van der Waals surface area contributed by atoms with Crippen molar-refractivity contribution in [3.63, 3.8) is 0 Å². The largest absolute Gasteiger partial charge is 0.289 e. The molecule has 1 atom stereocenters. The Kier molecular flexibility index (Phi) is 2.95. The number of hydrogen-bond acceptors (Lipinski definition) is 3. The van der Waals surface area contributed by atoms with Crippen LogP contribution in [0.1, 0.15) is 15.9 Å². The van der Waals surface area contributed by atoms with E-state index in [1.165, 1.54) is 13.1 Å². The van der Waals surface area contributed by atoms with E-state index in [1.54, 1.807) is 12.1 Å². The van der Waals surface area contributed by atoms with E-state index in [-0.39, 0.29) is 12.3 Å². The summed E-state index contributed by atoms with van der Waals surface area (Å²) in [7, 11) is 1.41. The topological polar surface area (TPSA) is 86.7 Å². The number of amides is 2. The van der Waals surface area contributed by atoms with E-state index in [4.69, 9.17) is 4.55 Å². The van der Waals surface area contributed by atoms with Gasteiger partial charge in [-0.2, -0.15) is 0 Å². The normalized spacial score (nSPS) is 16.7. The zero-order valence-electron chi connectivity index (χ0n) is 8.97. The van der Waals surface area contributed by atoms with E-state index in [2.05, 4.69) is 4.72 Å². The highest BCUT2D eigenvalue weighted by Gasteiger charge is 2.27. The van der Waals surface area contributed by atoms with Crippen molar-refractivity contribution in [2.75, 3.05) is 11.8 Å². The second-order valence-electron chi connectivity index (χ2n) is 3.66. The van der Waals surface area contributed by atoms with Crippen molar-refractivity contribution < 1.29 is 18.4 Å². The molecule has 0 saturated heterocycles. The fraction of sp³-hybridized carbons (Fsp3) is 0.200. The van der Waals surface area contributed by atoms with Crippen molar-refractivity contribution in [3.05, 3.63) is 29.3 Å². The molecule has 0 bridgehead atoms. The number of carbonyl (C=O) groups excluding carboxylic acids is 2. The van der Waals surface area contributed by atoms with Crippen LogP contribution < -0.4 is 4.72 Å².